The number of hydrogen-bond acceptors (Lipinski definition) is 2. The molecule has 0 fully saturated rings. The summed E-state index contributed by atoms with van der Waals surface area (Å²) in [5, 5.41) is 2.32. The summed E-state index contributed by atoms with van der Waals surface area (Å²) in [5.74, 6) is 1.78. The van der Waals surface area contributed by atoms with Crippen LogP contribution in [0.4, 0.5) is 0 Å². The molecule has 0 atom stereocenters. The Hall–Kier alpha value is -2.26. The predicted octanol–water partition coefficient (Wildman–Crippen LogP) is 2.96. The van der Waals surface area contributed by atoms with Gasteiger partial charge in [0.1, 0.15) is 18.0 Å². The van der Waals surface area contributed by atoms with Gasteiger partial charge in [-0.2, -0.15) is 0 Å². The van der Waals surface area contributed by atoms with Crippen LogP contribution < -0.4 is 14.8 Å². The zero-order valence-electron chi connectivity index (χ0n) is 13.8. The van der Waals surface area contributed by atoms with Gasteiger partial charge in [-0.25, -0.2) is 0 Å². The van der Waals surface area contributed by atoms with E-state index in [1.165, 1.54) is 5.56 Å². The Balaban J connectivity index is 1.72. The molecule has 0 aliphatic heterocycles. The van der Waals surface area contributed by atoms with Gasteiger partial charge in [-0.1, -0.05) is 36.4 Å². The standard InChI is InChI=1S/C20H25NO2/c1-3-8-18-15-19(22-2)11-12-20(18)23-14-7-13-21-16-17-9-5-4-6-10-17/h3-6,9-12,15,21H,1,7-8,13-14,16H2,2H3/p+1. The third-order valence-electron chi connectivity index (χ3n) is 3.66. The van der Waals surface area contributed by atoms with Gasteiger partial charge in [0.25, 0.3) is 0 Å². The summed E-state index contributed by atoms with van der Waals surface area (Å²) in [5.41, 5.74) is 2.48. The maximum Gasteiger partial charge on any atom is 0.123 e. The summed E-state index contributed by atoms with van der Waals surface area (Å²) in [6.45, 7) is 6.60. The summed E-state index contributed by atoms with van der Waals surface area (Å²) in [6.07, 6.45) is 3.69. The summed E-state index contributed by atoms with van der Waals surface area (Å²) < 4.78 is 11.2. The van der Waals surface area contributed by atoms with E-state index in [4.69, 9.17) is 9.47 Å². The SMILES string of the molecule is C=CCc1cc(OC)ccc1OCCC[NH2+]Cc1ccccc1. The maximum absolute atomic E-state index is 5.92. The molecule has 0 heterocycles. The Morgan fingerprint density at radius 2 is 1.96 bits per heavy atom. The zero-order chi connectivity index (χ0) is 16.3. The monoisotopic (exact) mass is 312 g/mol. The van der Waals surface area contributed by atoms with Crippen molar-refractivity contribution in [3.05, 3.63) is 72.3 Å². The highest BCUT2D eigenvalue weighted by Gasteiger charge is 2.05. The zero-order valence-corrected chi connectivity index (χ0v) is 13.8. The fourth-order valence-corrected chi connectivity index (χ4v) is 2.43. The molecule has 0 spiro atoms. The number of allylic oxidation sites excluding steroid dienone is 1. The van der Waals surface area contributed by atoms with E-state index in [9.17, 15) is 0 Å². The second kappa shape index (κ2) is 9.70. The molecule has 0 amide bonds. The lowest BCUT2D eigenvalue weighted by Gasteiger charge is -2.11. The molecule has 0 unspecified atom stereocenters. The van der Waals surface area contributed by atoms with Crippen LogP contribution in [-0.2, 0) is 13.0 Å². The first kappa shape index (κ1) is 17.1. The fraction of sp³-hybridized carbons (Fsp3) is 0.300. The molecule has 3 heteroatoms. The third kappa shape index (κ3) is 5.80. The summed E-state index contributed by atoms with van der Waals surface area (Å²) in [6, 6.07) is 16.5. The van der Waals surface area contributed by atoms with Crippen molar-refractivity contribution in [1.82, 2.24) is 0 Å². The Morgan fingerprint density at radius 3 is 2.70 bits per heavy atom. The van der Waals surface area contributed by atoms with E-state index in [-0.39, 0.29) is 0 Å². The van der Waals surface area contributed by atoms with Gasteiger partial charge in [-0.3, -0.25) is 0 Å². The van der Waals surface area contributed by atoms with Crippen molar-refractivity contribution in [2.75, 3.05) is 20.3 Å². The highest BCUT2D eigenvalue weighted by atomic mass is 16.5. The molecule has 0 aromatic heterocycles. The van der Waals surface area contributed by atoms with Crippen LogP contribution in [0.5, 0.6) is 11.5 Å². The molecule has 0 saturated heterocycles. The van der Waals surface area contributed by atoms with Crippen LogP contribution in [0.25, 0.3) is 0 Å². The number of ether oxygens (including phenoxy) is 2. The predicted molar refractivity (Wildman–Crippen MR) is 93.9 cm³/mol. The van der Waals surface area contributed by atoms with Crippen molar-refractivity contribution in [2.45, 2.75) is 19.4 Å². The average molecular weight is 312 g/mol. The lowest BCUT2D eigenvalue weighted by molar-refractivity contribution is -0.671. The number of hydrogen-bond donors (Lipinski definition) is 1. The largest absolute Gasteiger partial charge is 0.497 e. The molecule has 2 aromatic rings. The van der Waals surface area contributed by atoms with E-state index in [0.717, 1.165) is 49.6 Å². The van der Waals surface area contributed by atoms with Gasteiger partial charge < -0.3 is 14.8 Å². The maximum atomic E-state index is 5.92. The molecule has 2 aromatic carbocycles. The molecular formula is C20H26NO2+. The quantitative estimate of drug-likeness (QED) is 0.541. The first-order valence-electron chi connectivity index (χ1n) is 8.09. The molecule has 0 bridgehead atoms. The van der Waals surface area contributed by atoms with Crippen LogP contribution >= 0.6 is 0 Å². The van der Waals surface area contributed by atoms with E-state index < -0.39 is 0 Å². The molecule has 3 nitrogen and oxygen atoms in total. The molecule has 0 aliphatic carbocycles. The van der Waals surface area contributed by atoms with Gasteiger partial charge >= 0.3 is 0 Å². The lowest BCUT2D eigenvalue weighted by Crippen LogP contribution is -2.82. The van der Waals surface area contributed by atoms with Crippen LogP contribution in [0.15, 0.2) is 61.2 Å². The summed E-state index contributed by atoms with van der Waals surface area (Å²) >= 11 is 0. The third-order valence-corrected chi connectivity index (χ3v) is 3.66. The second-order valence-corrected chi connectivity index (χ2v) is 5.44. The van der Waals surface area contributed by atoms with E-state index in [2.05, 4.69) is 36.2 Å². The van der Waals surface area contributed by atoms with Gasteiger partial charge in [0.15, 0.2) is 0 Å². The lowest BCUT2D eigenvalue weighted by atomic mass is 10.1. The molecule has 2 N–H and O–H groups in total. The Bertz CT molecular complexity index is 596. The molecule has 0 aliphatic rings. The van der Waals surface area contributed by atoms with E-state index in [1.807, 2.05) is 30.3 Å². The summed E-state index contributed by atoms with van der Waals surface area (Å²) in [7, 11) is 1.68. The Kier molecular flexibility index (Phi) is 7.21. The van der Waals surface area contributed by atoms with Gasteiger partial charge in [0.05, 0.1) is 20.3 Å². The van der Waals surface area contributed by atoms with Gasteiger partial charge in [-0.15, -0.1) is 6.58 Å². The van der Waals surface area contributed by atoms with Crippen molar-refractivity contribution < 1.29 is 14.8 Å². The number of rotatable bonds is 10. The van der Waals surface area contributed by atoms with Crippen LogP contribution in [0.2, 0.25) is 0 Å². The van der Waals surface area contributed by atoms with Crippen LogP contribution in [0, 0.1) is 0 Å². The Labute approximate surface area is 138 Å². The number of nitrogens with two attached hydrogens (primary N) is 1. The molecule has 23 heavy (non-hydrogen) atoms. The molecule has 0 saturated carbocycles. The molecular weight excluding hydrogens is 286 g/mol. The van der Waals surface area contributed by atoms with E-state index in [1.54, 1.807) is 7.11 Å². The number of methoxy groups -OCH3 is 1. The number of benzene rings is 2. The second-order valence-electron chi connectivity index (χ2n) is 5.44. The van der Waals surface area contributed by atoms with Crippen LogP contribution in [-0.4, -0.2) is 20.3 Å². The minimum atomic E-state index is 0.724. The normalized spacial score (nSPS) is 10.3. The van der Waals surface area contributed by atoms with Crippen LogP contribution in [0.3, 0.4) is 0 Å². The minimum absolute atomic E-state index is 0.724. The average Bonchev–Trinajstić information content (AvgIpc) is 2.60. The van der Waals surface area contributed by atoms with Crippen molar-refractivity contribution in [2.24, 2.45) is 0 Å². The van der Waals surface area contributed by atoms with Crippen LogP contribution in [0.1, 0.15) is 17.5 Å². The first-order valence-corrected chi connectivity index (χ1v) is 8.09. The highest BCUT2D eigenvalue weighted by Crippen LogP contribution is 2.25. The molecule has 2 rings (SSSR count). The molecule has 122 valence electrons. The fourth-order valence-electron chi connectivity index (χ4n) is 2.43. The van der Waals surface area contributed by atoms with E-state index in [0.29, 0.717) is 0 Å². The number of quaternary nitrogens is 1. The highest BCUT2D eigenvalue weighted by molar-refractivity contribution is 5.41. The smallest absolute Gasteiger partial charge is 0.123 e. The topological polar surface area (TPSA) is 35.1 Å². The van der Waals surface area contributed by atoms with Crippen molar-refractivity contribution >= 4 is 0 Å². The molecule has 0 radical (unpaired) electrons. The summed E-state index contributed by atoms with van der Waals surface area (Å²) in [4.78, 5) is 0. The van der Waals surface area contributed by atoms with Gasteiger partial charge in [-0.05, 0) is 24.6 Å². The van der Waals surface area contributed by atoms with E-state index >= 15 is 0 Å². The van der Waals surface area contributed by atoms with Gasteiger partial charge in [0, 0.05) is 17.5 Å². The van der Waals surface area contributed by atoms with Gasteiger partial charge in [0.2, 0.25) is 0 Å². The van der Waals surface area contributed by atoms with Crippen molar-refractivity contribution in [3.8, 4) is 11.5 Å². The first-order chi connectivity index (χ1) is 11.3. The van der Waals surface area contributed by atoms with Crippen molar-refractivity contribution in [3.63, 3.8) is 0 Å². The Morgan fingerprint density at radius 1 is 1.13 bits per heavy atom. The minimum Gasteiger partial charge on any atom is -0.497 e. The van der Waals surface area contributed by atoms with Crippen molar-refractivity contribution in [1.29, 1.82) is 0 Å².